The molecule has 0 atom stereocenters. The number of hydrogen-bond donors (Lipinski definition) is 1. The predicted octanol–water partition coefficient (Wildman–Crippen LogP) is 3.54. The quantitative estimate of drug-likeness (QED) is 0.781. The van der Waals surface area contributed by atoms with Gasteiger partial charge in [0.15, 0.2) is 16.8 Å². The van der Waals surface area contributed by atoms with Crippen LogP contribution in [-0.2, 0) is 0 Å². The molecule has 2 aromatic heterocycles. The number of aromatic nitrogens is 2. The standard InChI is InChI=1S/C15H12N4OS/c1-8-13(20-9(2)18-8)14-12(19-15(17)21-14)11-5-3-4-10(6-11)7-16/h3-6H,1-2H3,(H2,17,19). The SMILES string of the molecule is Cc1nc(C)c(-c2sc(N)nc2-c2cccc(C#N)c2)o1. The van der Waals surface area contributed by atoms with Gasteiger partial charge in [-0.05, 0) is 19.1 Å². The fourth-order valence-corrected chi connectivity index (χ4v) is 3.05. The average molecular weight is 296 g/mol. The number of rotatable bonds is 2. The lowest BCUT2D eigenvalue weighted by Crippen LogP contribution is -1.86. The van der Waals surface area contributed by atoms with Gasteiger partial charge in [-0.15, -0.1) is 0 Å². The van der Waals surface area contributed by atoms with Crippen molar-refractivity contribution in [1.82, 2.24) is 9.97 Å². The molecule has 104 valence electrons. The molecule has 0 aliphatic heterocycles. The van der Waals surface area contributed by atoms with E-state index in [1.165, 1.54) is 11.3 Å². The number of oxazole rings is 1. The summed E-state index contributed by atoms with van der Waals surface area (Å²) in [5, 5.41) is 9.48. The fourth-order valence-electron chi connectivity index (χ4n) is 2.16. The minimum absolute atomic E-state index is 0.454. The normalized spacial score (nSPS) is 10.5. The first kappa shape index (κ1) is 13.3. The van der Waals surface area contributed by atoms with Crippen LogP contribution in [0.25, 0.3) is 21.9 Å². The van der Waals surface area contributed by atoms with Gasteiger partial charge in [0.25, 0.3) is 0 Å². The molecule has 0 fully saturated rings. The minimum atomic E-state index is 0.454. The first-order valence-electron chi connectivity index (χ1n) is 6.29. The van der Waals surface area contributed by atoms with Crippen LogP contribution in [-0.4, -0.2) is 9.97 Å². The summed E-state index contributed by atoms with van der Waals surface area (Å²) >= 11 is 1.35. The Kier molecular flexibility index (Phi) is 3.20. The third-order valence-electron chi connectivity index (χ3n) is 3.02. The highest BCUT2D eigenvalue weighted by molar-refractivity contribution is 7.19. The molecule has 0 saturated heterocycles. The van der Waals surface area contributed by atoms with Gasteiger partial charge in [0.1, 0.15) is 4.88 Å². The number of nitrogen functional groups attached to an aromatic ring is 1. The van der Waals surface area contributed by atoms with Crippen LogP contribution in [0.4, 0.5) is 5.13 Å². The van der Waals surface area contributed by atoms with Crippen LogP contribution < -0.4 is 5.73 Å². The molecule has 0 unspecified atom stereocenters. The van der Waals surface area contributed by atoms with Crippen molar-refractivity contribution in [3.05, 3.63) is 41.4 Å². The lowest BCUT2D eigenvalue weighted by atomic mass is 10.1. The first-order valence-corrected chi connectivity index (χ1v) is 7.11. The van der Waals surface area contributed by atoms with E-state index in [1.807, 2.05) is 19.1 Å². The molecule has 0 amide bonds. The van der Waals surface area contributed by atoms with Crippen molar-refractivity contribution in [1.29, 1.82) is 5.26 Å². The molecule has 21 heavy (non-hydrogen) atoms. The van der Waals surface area contributed by atoms with E-state index in [0.717, 1.165) is 16.1 Å². The summed E-state index contributed by atoms with van der Waals surface area (Å²) in [6.07, 6.45) is 0. The second-order valence-corrected chi connectivity index (χ2v) is 5.60. The monoisotopic (exact) mass is 296 g/mol. The molecule has 0 aliphatic rings. The average Bonchev–Trinajstić information content (AvgIpc) is 3.01. The van der Waals surface area contributed by atoms with Crippen molar-refractivity contribution < 1.29 is 4.42 Å². The summed E-state index contributed by atoms with van der Waals surface area (Å²) in [4.78, 5) is 9.50. The molecular weight excluding hydrogens is 284 g/mol. The van der Waals surface area contributed by atoms with Crippen LogP contribution in [0.3, 0.4) is 0 Å². The van der Waals surface area contributed by atoms with E-state index in [9.17, 15) is 0 Å². The van der Waals surface area contributed by atoms with E-state index in [4.69, 9.17) is 15.4 Å². The molecule has 1 aromatic carbocycles. The Hall–Kier alpha value is -2.65. The molecule has 0 radical (unpaired) electrons. The molecule has 3 rings (SSSR count). The highest BCUT2D eigenvalue weighted by atomic mass is 32.1. The van der Waals surface area contributed by atoms with Crippen LogP contribution in [0.2, 0.25) is 0 Å². The minimum Gasteiger partial charge on any atom is -0.440 e. The van der Waals surface area contributed by atoms with E-state index in [1.54, 1.807) is 19.1 Å². The summed E-state index contributed by atoms with van der Waals surface area (Å²) < 4.78 is 5.67. The lowest BCUT2D eigenvalue weighted by Gasteiger charge is -2.01. The van der Waals surface area contributed by atoms with Crippen LogP contribution in [0.5, 0.6) is 0 Å². The smallest absolute Gasteiger partial charge is 0.192 e. The van der Waals surface area contributed by atoms with E-state index >= 15 is 0 Å². The molecule has 0 saturated carbocycles. The number of nitrogens with two attached hydrogens (primary N) is 1. The highest BCUT2D eigenvalue weighted by Crippen LogP contribution is 2.39. The van der Waals surface area contributed by atoms with Gasteiger partial charge < -0.3 is 10.2 Å². The summed E-state index contributed by atoms with van der Waals surface area (Å²) in [6.45, 7) is 3.69. The van der Waals surface area contributed by atoms with Gasteiger partial charge in [-0.2, -0.15) is 5.26 Å². The third kappa shape index (κ3) is 2.39. The molecule has 2 heterocycles. The van der Waals surface area contributed by atoms with Crippen molar-refractivity contribution in [2.24, 2.45) is 0 Å². The molecule has 0 bridgehead atoms. The number of hydrogen-bond acceptors (Lipinski definition) is 6. The fraction of sp³-hybridized carbons (Fsp3) is 0.133. The summed E-state index contributed by atoms with van der Waals surface area (Å²) in [7, 11) is 0. The van der Waals surface area contributed by atoms with Gasteiger partial charge in [0.2, 0.25) is 0 Å². The summed E-state index contributed by atoms with van der Waals surface area (Å²) in [5.74, 6) is 1.28. The third-order valence-corrected chi connectivity index (χ3v) is 3.90. The zero-order valence-electron chi connectivity index (χ0n) is 11.5. The van der Waals surface area contributed by atoms with E-state index in [2.05, 4.69) is 16.0 Å². The number of nitriles is 1. The lowest BCUT2D eigenvalue weighted by molar-refractivity contribution is 0.535. The van der Waals surface area contributed by atoms with Crippen LogP contribution in [0, 0.1) is 25.2 Å². The van der Waals surface area contributed by atoms with Crippen molar-refractivity contribution in [2.75, 3.05) is 5.73 Å². The van der Waals surface area contributed by atoms with Crippen LogP contribution in [0.15, 0.2) is 28.7 Å². The predicted molar refractivity (Wildman–Crippen MR) is 81.6 cm³/mol. The molecular formula is C15H12N4OS. The summed E-state index contributed by atoms with van der Waals surface area (Å²) in [5.41, 5.74) is 8.80. The second-order valence-electron chi connectivity index (χ2n) is 4.57. The van der Waals surface area contributed by atoms with Gasteiger partial charge in [-0.25, -0.2) is 9.97 Å². The van der Waals surface area contributed by atoms with Crippen LogP contribution in [0.1, 0.15) is 17.1 Å². The maximum absolute atomic E-state index is 9.03. The number of aryl methyl sites for hydroxylation is 2. The molecule has 0 aliphatic carbocycles. The van der Waals surface area contributed by atoms with Gasteiger partial charge in [-0.3, -0.25) is 0 Å². The molecule has 6 heteroatoms. The van der Waals surface area contributed by atoms with Crippen LogP contribution >= 0.6 is 11.3 Å². The first-order chi connectivity index (χ1) is 10.1. The largest absolute Gasteiger partial charge is 0.440 e. The van der Waals surface area contributed by atoms with Crippen molar-refractivity contribution in [2.45, 2.75) is 13.8 Å². The summed E-state index contributed by atoms with van der Waals surface area (Å²) in [6, 6.07) is 9.39. The van der Waals surface area contributed by atoms with E-state index in [0.29, 0.717) is 28.0 Å². The Labute approximate surface area is 125 Å². The van der Waals surface area contributed by atoms with Gasteiger partial charge >= 0.3 is 0 Å². The Balaban J connectivity index is 2.20. The van der Waals surface area contributed by atoms with Crippen molar-refractivity contribution in [3.63, 3.8) is 0 Å². The van der Waals surface area contributed by atoms with E-state index < -0.39 is 0 Å². The molecule has 0 spiro atoms. The Morgan fingerprint density at radius 3 is 2.76 bits per heavy atom. The number of thiazole rings is 1. The Bertz CT molecular complexity index is 857. The number of anilines is 1. The second kappa shape index (κ2) is 5.04. The maximum Gasteiger partial charge on any atom is 0.192 e. The molecule has 3 aromatic rings. The number of benzene rings is 1. The highest BCUT2D eigenvalue weighted by Gasteiger charge is 2.19. The topological polar surface area (TPSA) is 88.7 Å². The van der Waals surface area contributed by atoms with Crippen molar-refractivity contribution >= 4 is 16.5 Å². The zero-order valence-corrected chi connectivity index (χ0v) is 12.4. The molecule has 5 nitrogen and oxygen atoms in total. The Morgan fingerprint density at radius 2 is 2.10 bits per heavy atom. The maximum atomic E-state index is 9.03. The van der Waals surface area contributed by atoms with Gasteiger partial charge in [-0.1, -0.05) is 23.5 Å². The van der Waals surface area contributed by atoms with Crippen molar-refractivity contribution in [3.8, 4) is 28.0 Å². The molecule has 2 N–H and O–H groups in total. The van der Waals surface area contributed by atoms with Gasteiger partial charge in [0.05, 0.1) is 23.0 Å². The van der Waals surface area contributed by atoms with E-state index in [-0.39, 0.29) is 0 Å². The van der Waals surface area contributed by atoms with Gasteiger partial charge in [0, 0.05) is 12.5 Å². The zero-order chi connectivity index (χ0) is 15.0. The Morgan fingerprint density at radius 1 is 1.29 bits per heavy atom. The number of nitrogens with zero attached hydrogens (tertiary/aromatic N) is 3.